The van der Waals surface area contributed by atoms with Crippen LogP contribution in [-0.2, 0) is 0 Å². The summed E-state index contributed by atoms with van der Waals surface area (Å²) in [5, 5.41) is 0. The number of nitrogens with two attached hydrogens (primary N) is 1. The fourth-order valence-electron chi connectivity index (χ4n) is 0.710. The molecule has 2 N–H and O–H groups in total. The molecule has 4 heteroatoms. The van der Waals surface area contributed by atoms with Crippen LogP contribution in [0, 0.1) is 0 Å². The van der Waals surface area contributed by atoms with Gasteiger partial charge in [0.15, 0.2) is 0 Å². The van der Waals surface area contributed by atoms with Gasteiger partial charge in [-0.2, -0.15) is 0 Å². The van der Waals surface area contributed by atoms with Gasteiger partial charge in [0.1, 0.15) is 0 Å². The quantitative estimate of drug-likeness (QED) is 0.729. The summed E-state index contributed by atoms with van der Waals surface area (Å²) in [5.74, 6) is 0. The van der Waals surface area contributed by atoms with Gasteiger partial charge in [-0.1, -0.05) is 18.2 Å². The molecule has 0 spiro atoms. The van der Waals surface area contributed by atoms with E-state index in [1.54, 1.807) is 6.07 Å². The van der Waals surface area contributed by atoms with Gasteiger partial charge in [0.25, 0.3) is 6.43 Å². The smallest absolute Gasteiger partial charge is 0.265 e. The van der Waals surface area contributed by atoms with Gasteiger partial charge in [-0.3, -0.25) is 0 Å². The van der Waals surface area contributed by atoms with Crippen molar-refractivity contribution in [3.63, 3.8) is 0 Å². The molecule has 0 heterocycles. The molecule has 0 aliphatic heterocycles. The lowest BCUT2D eigenvalue weighted by Crippen LogP contribution is -1.92. The highest BCUT2D eigenvalue weighted by atomic mass is 79.9. The average molecular weight is 224 g/mol. The Morgan fingerprint density at radius 3 is 2.09 bits per heavy atom. The molecule has 1 aromatic carbocycles. The molecule has 0 bridgehead atoms. The van der Waals surface area contributed by atoms with Crippen molar-refractivity contribution < 1.29 is 8.78 Å². The highest BCUT2D eigenvalue weighted by molar-refractivity contribution is 8.93. The van der Waals surface area contributed by atoms with Crippen molar-refractivity contribution in [3.8, 4) is 0 Å². The maximum absolute atomic E-state index is 11.9. The van der Waals surface area contributed by atoms with Crippen LogP contribution in [0.5, 0.6) is 0 Å². The van der Waals surface area contributed by atoms with Gasteiger partial charge in [0.05, 0.1) is 0 Å². The Morgan fingerprint density at radius 1 is 1.18 bits per heavy atom. The topological polar surface area (TPSA) is 26.0 Å². The van der Waals surface area contributed by atoms with Crippen LogP contribution in [0.4, 0.5) is 14.5 Å². The van der Waals surface area contributed by atoms with E-state index in [4.69, 9.17) is 5.73 Å². The lowest BCUT2D eigenvalue weighted by atomic mass is 10.2. The van der Waals surface area contributed by atoms with Crippen LogP contribution in [0.1, 0.15) is 12.0 Å². The summed E-state index contributed by atoms with van der Waals surface area (Å²) in [6.07, 6.45) is -2.47. The number of halogens is 3. The molecule has 1 rings (SSSR count). The second kappa shape index (κ2) is 4.28. The molecule has 0 radical (unpaired) electrons. The van der Waals surface area contributed by atoms with E-state index in [1.165, 1.54) is 18.2 Å². The van der Waals surface area contributed by atoms with Crippen LogP contribution in [0.15, 0.2) is 24.3 Å². The molecule has 62 valence electrons. The predicted molar refractivity (Wildman–Crippen MR) is 46.1 cm³/mol. The molecule has 0 atom stereocenters. The normalized spacial score (nSPS) is 9.36. The summed E-state index contributed by atoms with van der Waals surface area (Å²) in [7, 11) is 0. The minimum absolute atomic E-state index is 0. The van der Waals surface area contributed by atoms with Crippen molar-refractivity contribution in [2.45, 2.75) is 6.43 Å². The van der Waals surface area contributed by atoms with Crippen molar-refractivity contribution in [2.24, 2.45) is 0 Å². The van der Waals surface area contributed by atoms with E-state index in [-0.39, 0.29) is 28.2 Å². The van der Waals surface area contributed by atoms with E-state index in [1.807, 2.05) is 0 Å². The number of alkyl halides is 2. The van der Waals surface area contributed by atoms with E-state index in [9.17, 15) is 8.78 Å². The number of anilines is 1. The lowest BCUT2D eigenvalue weighted by Gasteiger charge is -2.01. The zero-order valence-corrected chi connectivity index (χ0v) is 7.34. The Kier molecular flexibility index (Phi) is 4.03. The van der Waals surface area contributed by atoms with E-state index >= 15 is 0 Å². The van der Waals surface area contributed by atoms with Crippen LogP contribution >= 0.6 is 17.0 Å². The molecule has 11 heavy (non-hydrogen) atoms. The van der Waals surface area contributed by atoms with E-state index < -0.39 is 6.43 Å². The number of benzene rings is 1. The largest absolute Gasteiger partial charge is 0.398 e. The van der Waals surface area contributed by atoms with E-state index in [0.717, 1.165) is 0 Å². The van der Waals surface area contributed by atoms with Gasteiger partial charge in [-0.15, -0.1) is 17.0 Å². The zero-order chi connectivity index (χ0) is 7.56. The molecule has 0 saturated carbocycles. The first-order valence-electron chi connectivity index (χ1n) is 2.84. The summed E-state index contributed by atoms with van der Waals surface area (Å²) in [6.45, 7) is 0. The van der Waals surface area contributed by atoms with Crippen molar-refractivity contribution in [1.82, 2.24) is 0 Å². The van der Waals surface area contributed by atoms with Crippen LogP contribution in [0.25, 0.3) is 0 Å². The van der Waals surface area contributed by atoms with Crippen LogP contribution in [-0.4, -0.2) is 0 Å². The molecule has 0 amide bonds. The molecule has 1 nitrogen and oxygen atoms in total. The third kappa shape index (κ3) is 2.46. The van der Waals surface area contributed by atoms with Gasteiger partial charge < -0.3 is 5.73 Å². The first-order chi connectivity index (χ1) is 4.72. The standard InChI is InChI=1S/C7H7F2N.BrH/c8-7(9)5-3-1-2-4-6(5)10;/h1-4,7H,10H2;1H. The molecule has 0 aromatic heterocycles. The Hall–Kier alpha value is -0.640. The van der Waals surface area contributed by atoms with Gasteiger partial charge >= 0.3 is 0 Å². The van der Waals surface area contributed by atoms with Crippen LogP contribution in [0.2, 0.25) is 0 Å². The minimum atomic E-state index is -2.47. The Balaban J connectivity index is 0.000001000. The molecule has 1 aromatic rings. The van der Waals surface area contributed by atoms with Crippen molar-refractivity contribution >= 4 is 22.7 Å². The van der Waals surface area contributed by atoms with Crippen molar-refractivity contribution in [1.29, 1.82) is 0 Å². The molecular formula is C7H8BrF2N. The van der Waals surface area contributed by atoms with Gasteiger partial charge in [0, 0.05) is 11.3 Å². The summed E-state index contributed by atoms with van der Waals surface area (Å²) in [6, 6.07) is 5.94. The summed E-state index contributed by atoms with van der Waals surface area (Å²) in [4.78, 5) is 0. The summed E-state index contributed by atoms with van der Waals surface area (Å²) < 4.78 is 23.9. The highest BCUT2D eigenvalue weighted by Crippen LogP contribution is 2.23. The van der Waals surface area contributed by atoms with Gasteiger partial charge in [-0.05, 0) is 6.07 Å². The summed E-state index contributed by atoms with van der Waals surface area (Å²) in [5.41, 5.74) is 5.30. The van der Waals surface area contributed by atoms with Gasteiger partial charge in [0.2, 0.25) is 0 Å². The Labute approximate surface area is 74.0 Å². The van der Waals surface area contributed by atoms with E-state index in [0.29, 0.717) is 0 Å². The highest BCUT2D eigenvalue weighted by Gasteiger charge is 2.08. The maximum atomic E-state index is 11.9. The number of hydrogen-bond donors (Lipinski definition) is 1. The van der Waals surface area contributed by atoms with E-state index in [2.05, 4.69) is 0 Å². The monoisotopic (exact) mass is 223 g/mol. The molecular weight excluding hydrogens is 216 g/mol. The number of rotatable bonds is 1. The zero-order valence-electron chi connectivity index (χ0n) is 5.63. The average Bonchev–Trinajstić information content (AvgIpc) is 1.88. The third-order valence-corrected chi connectivity index (χ3v) is 1.23. The van der Waals surface area contributed by atoms with Gasteiger partial charge in [-0.25, -0.2) is 8.78 Å². The fourth-order valence-corrected chi connectivity index (χ4v) is 0.710. The Morgan fingerprint density at radius 2 is 1.73 bits per heavy atom. The second-order valence-corrected chi connectivity index (χ2v) is 1.93. The molecule has 0 aliphatic rings. The maximum Gasteiger partial charge on any atom is 0.265 e. The lowest BCUT2D eigenvalue weighted by molar-refractivity contribution is 0.152. The van der Waals surface area contributed by atoms with Crippen molar-refractivity contribution in [2.75, 3.05) is 5.73 Å². The predicted octanol–water partition coefficient (Wildman–Crippen LogP) is 2.78. The summed E-state index contributed by atoms with van der Waals surface area (Å²) >= 11 is 0. The number of hydrogen-bond acceptors (Lipinski definition) is 1. The second-order valence-electron chi connectivity index (χ2n) is 1.93. The number of para-hydroxylation sites is 1. The first kappa shape index (κ1) is 10.4. The van der Waals surface area contributed by atoms with Crippen LogP contribution in [0.3, 0.4) is 0 Å². The molecule has 0 saturated heterocycles. The molecule has 0 aliphatic carbocycles. The van der Waals surface area contributed by atoms with Crippen molar-refractivity contribution in [3.05, 3.63) is 29.8 Å². The number of nitrogen functional groups attached to an aromatic ring is 1. The fraction of sp³-hybridized carbons (Fsp3) is 0.143. The SMILES string of the molecule is Br.Nc1ccccc1C(F)F. The van der Waals surface area contributed by atoms with Crippen LogP contribution < -0.4 is 5.73 Å². The Bertz CT molecular complexity index is 227. The minimum Gasteiger partial charge on any atom is -0.398 e. The molecule has 0 unspecified atom stereocenters. The first-order valence-corrected chi connectivity index (χ1v) is 2.84. The third-order valence-electron chi connectivity index (χ3n) is 1.23. The molecule has 0 fully saturated rings.